The first kappa shape index (κ1) is 20.6. The largest absolute Gasteiger partial charge is 0.296 e. The van der Waals surface area contributed by atoms with Crippen molar-refractivity contribution in [1.29, 1.82) is 0 Å². The zero-order valence-electron chi connectivity index (χ0n) is 15.7. The van der Waals surface area contributed by atoms with Crippen LogP contribution in [0.5, 0.6) is 0 Å². The van der Waals surface area contributed by atoms with E-state index >= 15 is 0 Å². The Morgan fingerprint density at radius 1 is 1.07 bits per heavy atom. The summed E-state index contributed by atoms with van der Waals surface area (Å²) < 4.78 is 31.2. The molecular weight excluding hydrogens is 448 g/mol. The lowest BCUT2D eigenvalue weighted by Gasteiger charge is -2.14. The van der Waals surface area contributed by atoms with Crippen LogP contribution in [-0.4, -0.2) is 36.4 Å². The molecule has 1 heterocycles. The topological polar surface area (TPSA) is 95.3 Å². The molecule has 0 atom stereocenters. The molecule has 2 aromatic rings. The lowest BCUT2D eigenvalue weighted by atomic mass is 9.94. The summed E-state index contributed by atoms with van der Waals surface area (Å²) in [6.45, 7) is 5.30. The maximum Gasteiger partial charge on any atom is 0.296 e. The number of aromatic nitrogens is 2. The Balaban J connectivity index is 1.70. The molecule has 0 saturated heterocycles. The molecule has 0 unspecified atom stereocenters. The molecule has 0 aliphatic heterocycles. The van der Waals surface area contributed by atoms with Crippen LogP contribution in [0.2, 0.25) is 0 Å². The minimum absolute atomic E-state index is 0.0649. The van der Waals surface area contributed by atoms with Gasteiger partial charge in [-0.2, -0.15) is 13.5 Å². The molecule has 0 bridgehead atoms. The van der Waals surface area contributed by atoms with Crippen molar-refractivity contribution >= 4 is 37.6 Å². The van der Waals surface area contributed by atoms with Crippen molar-refractivity contribution in [3.63, 3.8) is 0 Å². The summed E-state index contributed by atoms with van der Waals surface area (Å²) in [5, 5.41) is 4.29. The predicted octanol–water partition coefficient (Wildman–Crippen LogP) is 3.34. The zero-order valence-corrected chi connectivity index (χ0v) is 18.1. The number of aryl methyl sites for hydroxylation is 3. The molecule has 1 aliphatic rings. The number of hydrogen-bond acceptors (Lipinski definition) is 6. The monoisotopic (exact) mass is 466 g/mol. The summed E-state index contributed by atoms with van der Waals surface area (Å²) in [7, 11) is -3.84. The number of hydrogen-bond donors (Lipinski definition) is 0. The molecule has 0 fully saturated rings. The Bertz CT molecular complexity index is 1100. The van der Waals surface area contributed by atoms with Crippen LogP contribution in [0.15, 0.2) is 39.2 Å². The van der Waals surface area contributed by atoms with E-state index in [-0.39, 0.29) is 45.4 Å². The Hall–Kier alpha value is -2.10. The molecule has 3 rings (SSSR count). The molecule has 9 heteroatoms. The third kappa shape index (κ3) is 3.74. The number of nitrogens with zero attached hydrogens (tertiary/aromatic N) is 2. The molecule has 7 nitrogen and oxygen atoms in total. The van der Waals surface area contributed by atoms with Gasteiger partial charge in [-0.25, -0.2) is 0 Å². The first-order valence-corrected chi connectivity index (χ1v) is 10.8. The number of carbonyl (C=O) groups is 2. The molecule has 0 radical (unpaired) electrons. The van der Waals surface area contributed by atoms with Crippen LogP contribution in [0.1, 0.15) is 45.4 Å². The second-order valence-electron chi connectivity index (χ2n) is 6.57. The normalized spacial score (nSPS) is 14.6. The maximum atomic E-state index is 12.6. The van der Waals surface area contributed by atoms with Gasteiger partial charge in [0, 0.05) is 12.1 Å². The van der Waals surface area contributed by atoms with Crippen LogP contribution < -0.4 is 0 Å². The molecule has 1 aliphatic carbocycles. The molecular formula is C19H19BrN2O5S. The van der Waals surface area contributed by atoms with Crippen LogP contribution in [0.25, 0.3) is 0 Å². The van der Waals surface area contributed by atoms with Gasteiger partial charge in [-0.15, -0.1) is 0 Å². The van der Waals surface area contributed by atoms with Crippen molar-refractivity contribution < 1.29 is 22.2 Å². The molecule has 148 valence electrons. The van der Waals surface area contributed by atoms with E-state index in [1.807, 2.05) is 6.92 Å². The van der Waals surface area contributed by atoms with Crippen molar-refractivity contribution in [3.05, 3.63) is 56.8 Å². The first-order chi connectivity index (χ1) is 13.1. The van der Waals surface area contributed by atoms with E-state index in [1.54, 1.807) is 26.0 Å². The summed E-state index contributed by atoms with van der Waals surface area (Å²) in [6, 6.07) is 6.39. The van der Waals surface area contributed by atoms with Gasteiger partial charge in [0.25, 0.3) is 10.1 Å². The van der Waals surface area contributed by atoms with Gasteiger partial charge in [-0.1, -0.05) is 17.7 Å². The van der Waals surface area contributed by atoms with Crippen molar-refractivity contribution in [2.75, 3.05) is 6.61 Å². The van der Waals surface area contributed by atoms with E-state index in [1.165, 1.54) is 16.8 Å². The molecule has 0 amide bonds. The minimum atomic E-state index is -3.84. The highest BCUT2D eigenvalue weighted by Gasteiger charge is 2.34. The van der Waals surface area contributed by atoms with Crippen molar-refractivity contribution in [1.82, 2.24) is 9.78 Å². The fraction of sp³-hybridized carbons (Fsp3) is 0.316. The lowest BCUT2D eigenvalue weighted by Crippen LogP contribution is -2.22. The fourth-order valence-electron chi connectivity index (χ4n) is 2.96. The first-order valence-electron chi connectivity index (χ1n) is 8.62. The smallest absolute Gasteiger partial charge is 0.288 e. The second-order valence-corrected chi connectivity index (χ2v) is 8.98. The predicted molar refractivity (Wildman–Crippen MR) is 106 cm³/mol. The van der Waals surface area contributed by atoms with Crippen molar-refractivity contribution in [2.45, 2.75) is 38.6 Å². The highest BCUT2D eigenvalue weighted by molar-refractivity contribution is 9.12. The molecule has 0 spiro atoms. The van der Waals surface area contributed by atoms with E-state index < -0.39 is 10.1 Å². The number of benzene rings is 1. The summed E-state index contributed by atoms with van der Waals surface area (Å²) >= 11 is 3.17. The number of allylic oxidation sites excluding steroid dienone is 2. The summed E-state index contributed by atoms with van der Waals surface area (Å²) in [4.78, 5) is 25.1. The quantitative estimate of drug-likeness (QED) is 0.478. The van der Waals surface area contributed by atoms with Gasteiger partial charge in [0.2, 0.25) is 11.6 Å². The number of fused-ring (bicyclic) bond motifs is 1. The third-order valence-corrected chi connectivity index (χ3v) is 6.78. The van der Waals surface area contributed by atoms with Crippen molar-refractivity contribution in [2.24, 2.45) is 0 Å². The van der Waals surface area contributed by atoms with E-state index in [0.29, 0.717) is 17.7 Å². The van der Waals surface area contributed by atoms with Gasteiger partial charge >= 0.3 is 0 Å². The second kappa shape index (κ2) is 7.73. The van der Waals surface area contributed by atoms with Gasteiger partial charge in [-0.3, -0.25) is 18.5 Å². The Kier molecular flexibility index (Phi) is 5.69. The molecule has 0 saturated carbocycles. The zero-order chi connectivity index (χ0) is 20.6. The van der Waals surface area contributed by atoms with E-state index in [2.05, 4.69) is 21.0 Å². The van der Waals surface area contributed by atoms with Crippen LogP contribution in [0, 0.1) is 13.8 Å². The van der Waals surface area contributed by atoms with Crippen molar-refractivity contribution in [3.8, 4) is 0 Å². The molecule has 0 N–H and O–H groups in total. The standard InChI is InChI=1S/C19H19BrN2O5S/c1-11-5-7-14(8-6-11)28(25,26)27-10-4-9-22-17-15(13(3)21-22)19(24)16(20)12(2)18(17)23/h5-8H,4,9-10H2,1-3H3. The SMILES string of the molecule is CC1=C(Br)C(=O)c2c(C)nn(CCCOS(=O)(=O)c3ccc(C)cc3)c2C1=O. The Morgan fingerprint density at radius 2 is 1.71 bits per heavy atom. The van der Waals surface area contributed by atoms with Gasteiger partial charge < -0.3 is 0 Å². The Labute approximate surface area is 171 Å². The third-order valence-electron chi connectivity index (χ3n) is 4.50. The lowest BCUT2D eigenvalue weighted by molar-refractivity contribution is 0.0975. The van der Waals surface area contributed by atoms with Crippen LogP contribution in [0.4, 0.5) is 0 Å². The van der Waals surface area contributed by atoms with E-state index in [0.717, 1.165) is 5.56 Å². The molecule has 28 heavy (non-hydrogen) atoms. The number of halogens is 1. The average molecular weight is 467 g/mol. The summed E-state index contributed by atoms with van der Waals surface area (Å²) in [5.41, 5.74) is 2.27. The van der Waals surface area contributed by atoms with Gasteiger partial charge in [-0.05, 0) is 55.3 Å². The maximum absolute atomic E-state index is 12.6. The van der Waals surface area contributed by atoms with E-state index in [4.69, 9.17) is 4.18 Å². The van der Waals surface area contributed by atoms with Gasteiger partial charge in [0.1, 0.15) is 5.69 Å². The van der Waals surface area contributed by atoms with Gasteiger partial charge in [0.15, 0.2) is 0 Å². The number of carbonyl (C=O) groups excluding carboxylic acids is 2. The van der Waals surface area contributed by atoms with Crippen LogP contribution in [-0.2, 0) is 20.8 Å². The number of Topliss-reactive ketones (excluding diaryl/α,β-unsaturated/α-hetero) is 2. The van der Waals surface area contributed by atoms with Crippen LogP contribution in [0.3, 0.4) is 0 Å². The summed E-state index contributed by atoms with van der Waals surface area (Å²) in [6.07, 6.45) is 0.310. The van der Waals surface area contributed by atoms with Crippen LogP contribution >= 0.6 is 15.9 Å². The summed E-state index contributed by atoms with van der Waals surface area (Å²) in [5.74, 6) is -0.538. The molecule has 1 aromatic carbocycles. The highest BCUT2D eigenvalue weighted by atomic mass is 79.9. The number of rotatable bonds is 6. The highest BCUT2D eigenvalue weighted by Crippen LogP contribution is 2.31. The molecule has 1 aromatic heterocycles. The van der Waals surface area contributed by atoms with Gasteiger partial charge in [0.05, 0.1) is 27.2 Å². The average Bonchev–Trinajstić information content (AvgIpc) is 2.98. The fourth-order valence-corrected chi connectivity index (χ4v) is 4.28. The van der Waals surface area contributed by atoms with E-state index in [9.17, 15) is 18.0 Å². The Morgan fingerprint density at radius 3 is 2.36 bits per heavy atom. The number of ketones is 2. The minimum Gasteiger partial charge on any atom is -0.288 e.